The number of amides is 1. The first-order valence-corrected chi connectivity index (χ1v) is 7.75. The van der Waals surface area contributed by atoms with Crippen molar-refractivity contribution in [2.45, 2.75) is 6.92 Å². The Balaban J connectivity index is 1.66. The predicted octanol–water partition coefficient (Wildman–Crippen LogP) is 2.13. The van der Waals surface area contributed by atoms with Gasteiger partial charge in [-0.3, -0.25) is 20.6 Å². The number of carbonyl (C=O) groups is 1. The Morgan fingerprint density at radius 3 is 2.80 bits per heavy atom. The fourth-order valence-corrected chi connectivity index (χ4v) is 2.42. The van der Waals surface area contributed by atoms with Gasteiger partial charge < -0.3 is 9.73 Å². The lowest BCUT2D eigenvalue weighted by molar-refractivity contribution is 0.0944. The highest BCUT2D eigenvalue weighted by Gasteiger charge is 2.07. The maximum atomic E-state index is 11.9. The molecule has 1 aromatic carbocycles. The molecular formula is C17H14N4O3S. The van der Waals surface area contributed by atoms with Crippen molar-refractivity contribution in [1.29, 1.82) is 0 Å². The van der Waals surface area contributed by atoms with Gasteiger partial charge in [0.05, 0.1) is 5.56 Å². The normalized spacial score (nSPS) is 10.3. The van der Waals surface area contributed by atoms with Crippen LogP contribution in [0.4, 0.5) is 5.69 Å². The summed E-state index contributed by atoms with van der Waals surface area (Å²) in [6, 6.07) is 10.0. The highest BCUT2D eigenvalue weighted by atomic mass is 32.1. The molecule has 2 aromatic heterocycles. The van der Waals surface area contributed by atoms with Gasteiger partial charge >= 0.3 is 5.63 Å². The summed E-state index contributed by atoms with van der Waals surface area (Å²) in [5.41, 5.74) is 6.97. The molecule has 0 aliphatic rings. The van der Waals surface area contributed by atoms with Crippen LogP contribution < -0.4 is 21.8 Å². The molecule has 3 N–H and O–H groups in total. The lowest BCUT2D eigenvalue weighted by Crippen LogP contribution is -2.43. The molecule has 0 bridgehead atoms. The highest BCUT2D eigenvalue weighted by Crippen LogP contribution is 2.20. The van der Waals surface area contributed by atoms with Crippen LogP contribution in [0.15, 0.2) is 58.0 Å². The van der Waals surface area contributed by atoms with E-state index in [-0.39, 0.29) is 11.0 Å². The summed E-state index contributed by atoms with van der Waals surface area (Å²) in [6.07, 6.45) is 3.03. The molecule has 3 rings (SSSR count). The summed E-state index contributed by atoms with van der Waals surface area (Å²) in [5, 5.41) is 3.94. The van der Waals surface area contributed by atoms with Crippen LogP contribution in [-0.2, 0) is 0 Å². The third kappa shape index (κ3) is 3.99. The quantitative estimate of drug-likeness (QED) is 0.368. The third-order valence-corrected chi connectivity index (χ3v) is 3.63. The van der Waals surface area contributed by atoms with Crippen LogP contribution in [0.2, 0.25) is 0 Å². The number of pyridine rings is 1. The molecule has 0 saturated carbocycles. The molecule has 8 heteroatoms. The van der Waals surface area contributed by atoms with Crippen LogP contribution in [0, 0.1) is 6.92 Å². The Hall–Kier alpha value is -3.26. The van der Waals surface area contributed by atoms with Crippen molar-refractivity contribution < 1.29 is 9.21 Å². The first-order valence-electron chi connectivity index (χ1n) is 7.35. The SMILES string of the molecule is Cc1cc(=O)oc2cc(NC(=S)NNC(=O)c3cccnc3)ccc12. The predicted molar refractivity (Wildman–Crippen MR) is 98.3 cm³/mol. The Morgan fingerprint density at radius 1 is 1.20 bits per heavy atom. The molecule has 0 aliphatic carbocycles. The molecule has 126 valence electrons. The number of nitrogens with one attached hydrogen (secondary N) is 3. The number of aryl methyl sites for hydroxylation is 1. The van der Waals surface area contributed by atoms with E-state index in [1.807, 2.05) is 13.0 Å². The average molecular weight is 354 g/mol. The van der Waals surface area contributed by atoms with Crippen molar-refractivity contribution in [3.63, 3.8) is 0 Å². The van der Waals surface area contributed by atoms with Crippen LogP contribution in [0.25, 0.3) is 11.0 Å². The van der Waals surface area contributed by atoms with Crippen LogP contribution in [0.1, 0.15) is 15.9 Å². The van der Waals surface area contributed by atoms with Gasteiger partial charge in [-0.25, -0.2) is 4.79 Å². The fraction of sp³-hybridized carbons (Fsp3) is 0.0588. The van der Waals surface area contributed by atoms with Gasteiger partial charge in [0.15, 0.2) is 5.11 Å². The van der Waals surface area contributed by atoms with E-state index in [1.165, 1.54) is 12.3 Å². The van der Waals surface area contributed by atoms with Crippen LogP contribution in [0.3, 0.4) is 0 Å². The van der Waals surface area contributed by atoms with E-state index < -0.39 is 5.63 Å². The number of hydrogen-bond donors (Lipinski definition) is 3. The van der Waals surface area contributed by atoms with Gasteiger partial charge in [0.25, 0.3) is 5.91 Å². The number of anilines is 1. The number of aromatic nitrogens is 1. The van der Waals surface area contributed by atoms with Crippen molar-refractivity contribution in [3.05, 3.63) is 70.3 Å². The number of rotatable bonds is 2. The van der Waals surface area contributed by atoms with E-state index in [0.717, 1.165) is 10.9 Å². The van der Waals surface area contributed by atoms with Gasteiger partial charge in [-0.05, 0) is 49.0 Å². The summed E-state index contributed by atoms with van der Waals surface area (Å²) >= 11 is 5.13. The number of benzene rings is 1. The van der Waals surface area contributed by atoms with E-state index in [1.54, 1.807) is 30.5 Å². The summed E-state index contributed by atoms with van der Waals surface area (Å²) in [6.45, 7) is 1.84. The van der Waals surface area contributed by atoms with E-state index >= 15 is 0 Å². The smallest absolute Gasteiger partial charge is 0.336 e. The van der Waals surface area contributed by atoms with Crippen LogP contribution in [0.5, 0.6) is 0 Å². The molecule has 0 fully saturated rings. The monoisotopic (exact) mass is 354 g/mol. The van der Waals surface area contributed by atoms with Crippen LogP contribution >= 0.6 is 12.2 Å². The van der Waals surface area contributed by atoms with Crippen LogP contribution in [-0.4, -0.2) is 16.0 Å². The maximum absolute atomic E-state index is 11.9. The van der Waals surface area contributed by atoms with Gasteiger partial charge in [0.1, 0.15) is 5.58 Å². The first-order chi connectivity index (χ1) is 12.0. The molecular weight excluding hydrogens is 340 g/mol. The summed E-state index contributed by atoms with van der Waals surface area (Å²) in [4.78, 5) is 27.2. The largest absolute Gasteiger partial charge is 0.423 e. The molecule has 0 saturated heterocycles. The number of thiocarbonyl (C=S) groups is 1. The molecule has 3 aromatic rings. The third-order valence-electron chi connectivity index (χ3n) is 3.42. The zero-order valence-electron chi connectivity index (χ0n) is 13.2. The zero-order valence-corrected chi connectivity index (χ0v) is 14.0. The minimum atomic E-state index is -0.411. The summed E-state index contributed by atoms with van der Waals surface area (Å²) in [5.74, 6) is -0.364. The van der Waals surface area contributed by atoms with Crippen molar-refractivity contribution in [1.82, 2.24) is 15.8 Å². The first kappa shape index (κ1) is 16.6. The maximum Gasteiger partial charge on any atom is 0.336 e. The number of fused-ring (bicyclic) bond motifs is 1. The molecule has 7 nitrogen and oxygen atoms in total. The number of nitrogens with zero attached hydrogens (tertiary/aromatic N) is 1. The minimum absolute atomic E-state index is 0.187. The highest BCUT2D eigenvalue weighted by molar-refractivity contribution is 7.80. The second-order valence-corrected chi connectivity index (χ2v) is 5.64. The lowest BCUT2D eigenvalue weighted by Gasteiger charge is -2.12. The molecule has 0 atom stereocenters. The van der Waals surface area contributed by atoms with Gasteiger partial charge in [-0.15, -0.1) is 0 Å². The molecule has 2 heterocycles. The van der Waals surface area contributed by atoms with Gasteiger partial charge in [0.2, 0.25) is 0 Å². The molecule has 0 spiro atoms. The Labute approximate surface area is 148 Å². The Kier molecular flexibility index (Phi) is 4.71. The second kappa shape index (κ2) is 7.10. The van der Waals surface area contributed by atoms with E-state index in [9.17, 15) is 9.59 Å². The van der Waals surface area contributed by atoms with E-state index in [2.05, 4.69) is 21.2 Å². The summed E-state index contributed by atoms with van der Waals surface area (Å²) < 4.78 is 5.18. The van der Waals surface area contributed by atoms with Crippen molar-refractivity contribution in [3.8, 4) is 0 Å². The molecule has 0 radical (unpaired) electrons. The molecule has 1 amide bonds. The zero-order chi connectivity index (χ0) is 17.8. The lowest BCUT2D eigenvalue weighted by atomic mass is 10.1. The van der Waals surface area contributed by atoms with Gasteiger partial charge in [-0.1, -0.05) is 0 Å². The Morgan fingerprint density at radius 2 is 2.04 bits per heavy atom. The van der Waals surface area contributed by atoms with E-state index in [4.69, 9.17) is 16.6 Å². The minimum Gasteiger partial charge on any atom is -0.423 e. The average Bonchev–Trinajstić information content (AvgIpc) is 2.60. The van der Waals surface area contributed by atoms with Gasteiger partial charge in [-0.2, -0.15) is 0 Å². The van der Waals surface area contributed by atoms with E-state index in [0.29, 0.717) is 16.8 Å². The topological polar surface area (TPSA) is 96.3 Å². The Bertz CT molecular complexity index is 1000. The number of carbonyl (C=O) groups excluding carboxylic acids is 1. The molecule has 0 unspecified atom stereocenters. The summed E-state index contributed by atoms with van der Waals surface area (Å²) in [7, 11) is 0. The standard InChI is InChI=1S/C17H14N4O3S/c1-10-7-15(22)24-14-8-12(4-5-13(10)14)19-17(25)21-20-16(23)11-3-2-6-18-9-11/h2-9H,1H3,(H,20,23)(H2,19,21,25). The molecule has 0 aliphatic heterocycles. The number of hydrazine groups is 1. The fourth-order valence-electron chi connectivity index (χ4n) is 2.25. The second-order valence-electron chi connectivity index (χ2n) is 5.23. The van der Waals surface area contributed by atoms with Crippen molar-refractivity contribution >= 4 is 39.9 Å². The molecule has 25 heavy (non-hydrogen) atoms. The van der Waals surface area contributed by atoms with Crippen molar-refractivity contribution in [2.75, 3.05) is 5.32 Å². The number of hydrogen-bond acceptors (Lipinski definition) is 5. The van der Waals surface area contributed by atoms with Gasteiger partial charge in [0, 0.05) is 35.6 Å². The van der Waals surface area contributed by atoms with Crippen molar-refractivity contribution in [2.24, 2.45) is 0 Å².